The number of ether oxygens (including phenoxy) is 2. The van der Waals surface area contributed by atoms with Gasteiger partial charge in [-0.2, -0.15) is 4.98 Å². The van der Waals surface area contributed by atoms with Gasteiger partial charge in [0.1, 0.15) is 11.3 Å². The second kappa shape index (κ2) is 5.01. The molecule has 0 bridgehead atoms. The summed E-state index contributed by atoms with van der Waals surface area (Å²) in [5.41, 5.74) is 1.31. The Morgan fingerprint density at radius 3 is 2.76 bits per heavy atom. The normalized spacial score (nSPS) is 10.5. The molecule has 90 valence electrons. The number of hydrogen-bond acceptors (Lipinski definition) is 5. The van der Waals surface area contributed by atoms with Crippen LogP contribution in [0.2, 0.25) is 0 Å². The van der Waals surface area contributed by atoms with Crippen LogP contribution in [0.1, 0.15) is 10.4 Å². The van der Waals surface area contributed by atoms with E-state index in [9.17, 15) is 4.79 Å². The van der Waals surface area contributed by atoms with E-state index in [1.54, 1.807) is 26.4 Å². The van der Waals surface area contributed by atoms with Gasteiger partial charge in [0.15, 0.2) is 5.78 Å². The number of aromatic nitrogens is 1. The molecular weight excluding hydrogens is 306 g/mol. The summed E-state index contributed by atoms with van der Waals surface area (Å²) in [6, 6.07) is 3.50. The van der Waals surface area contributed by atoms with Gasteiger partial charge in [-0.3, -0.25) is 4.79 Å². The van der Waals surface area contributed by atoms with E-state index in [-0.39, 0.29) is 11.1 Å². The van der Waals surface area contributed by atoms with Gasteiger partial charge in [-0.15, -0.1) is 0 Å². The van der Waals surface area contributed by atoms with E-state index in [0.29, 0.717) is 22.0 Å². The van der Waals surface area contributed by atoms with Crippen LogP contribution in [0.25, 0.3) is 10.2 Å². The number of rotatable bonds is 4. The number of halogens is 1. The van der Waals surface area contributed by atoms with E-state index in [0.717, 1.165) is 4.70 Å². The maximum atomic E-state index is 11.8. The number of Topliss-reactive ketones (excluding diaryl/α,β-unsaturated/α-hetero) is 1. The van der Waals surface area contributed by atoms with Gasteiger partial charge in [-0.25, -0.2) is 0 Å². The zero-order valence-electron chi connectivity index (χ0n) is 9.32. The van der Waals surface area contributed by atoms with Crippen LogP contribution in [0.3, 0.4) is 0 Å². The monoisotopic (exact) mass is 315 g/mol. The van der Waals surface area contributed by atoms with E-state index in [1.165, 1.54) is 11.3 Å². The van der Waals surface area contributed by atoms with E-state index in [2.05, 4.69) is 20.9 Å². The Labute approximate surface area is 111 Å². The quantitative estimate of drug-likeness (QED) is 0.643. The lowest BCUT2D eigenvalue weighted by Gasteiger charge is -2.03. The van der Waals surface area contributed by atoms with E-state index >= 15 is 0 Å². The molecule has 0 saturated heterocycles. The highest BCUT2D eigenvalue weighted by atomic mass is 79.9. The summed E-state index contributed by atoms with van der Waals surface area (Å²) in [7, 11) is 3.13. The minimum Gasteiger partial charge on any atom is -0.494 e. The highest BCUT2D eigenvalue weighted by Crippen LogP contribution is 2.36. The van der Waals surface area contributed by atoms with Gasteiger partial charge >= 0.3 is 0 Å². The fourth-order valence-corrected chi connectivity index (χ4v) is 2.74. The van der Waals surface area contributed by atoms with E-state index in [1.807, 2.05) is 0 Å². The third kappa shape index (κ3) is 2.14. The smallest absolute Gasteiger partial charge is 0.274 e. The first-order chi connectivity index (χ1) is 8.21. The topological polar surface area (TPSA) is 48.4 Å². The van der Waals surface area contributed by atoms with Crippen LogP contribution < -0.4 is 9.47 Å². The van der Waals surface area contributed by atoms with Crippen LogP contribution in [0.4, 0.5) is 0 Å². The van der Waals surface area contributed by atoms with E-state index in [4.69, 9.17) is 9.47 Å². The van der Waals surface area contributed by atoms with Crippen LogP contribution in [-0.4, -0.2) is 30.3 Å². The molecule has 2 aromatic rings. The van der Waals surface area contributed by atoms with Crippen LogP contribution >= 0.6 is 27.3 Å². The number of benzene rings is 1. The number of carbonyl (C=O) groups is 1. The van der Waals surface area contributed by atoms with Crippen molar-refractivity contribution in [2.75, 3.05) is 19.5 Å². The van der Waals surface area contributed by atoms with Crippen LogP contribution in [-0.2, 0) is 0 Å². The van der Waals surface area contributed by atoms with Gasteiger partial charge in [0.2, 0.25) is 0 Å². The lowest BCUT2D eigenvalue weighted by atomic mass is 10.1. The summed E-state index contributed by atoms with van der Waals surface area (Å²) in [4.78, 5) is 16.1. The van der Waals surface area contributed by atoms with Crippen molar-refractivity contribution in [2.45, 2.75) is 0 Å². The third-order valence-electron chi connectivity index (χ3n) is 2.30. The molecule has 0 spiro atoms. The average molecular weight is 316 g/mol. The number of alkyl halides is 1. The van der Waals surface area contributed by atoms with Crippen molar-refractivity contribution in [1.29, 1.82) is 0 Å². The van der Waals surface area contributed by atoms with Gasteiger partial charge < -0.3 is 9.47 Å². The fourth-order valence-electron chi connectivity index (χ4n) is 1.51. The number of carbonyl (C=O) groups excluding carboxylic acids is 1. The minimum absolute atomic E-state index is 0.0176. The number of hydrogen-bond donors (Lipinski definition) is 0. The van der Waals surface area contributed by atoms with Gasteiger partial charge in [0.25, 0.3) is 5.19 Å². The average Bonchev–Trinajstić information content (AvgIpc) is 2.80. The lowest BCUT2D eigenvalue weighted by Crippen LogP contribution is -2.00. The Morgan fingerprint density at radius 1 is 1.41 bits per heavy atom. The van der Waals surface area contributed by atoms with Crippen molar-refractivity contribution in [3.63, 3.8) is 0 Å². The molecule has 17 heavy (non-hydrogen) atoms. The molecule has 0 aliphatic heterocycles. The predicted octanol–water partition coefficient (Wildman–Crippen LogP) is 2.89. The van der Waals surface area contributed by atoms with Gasteiger partial charge in [-0.1, -0.05) is 27.3 Å². The summed E-state index contributed by atoms with van der Waals surface area (Å²) >= 11 is 4.51. The SMILES string of the molecule is COc1nc2c(OC)ccc(C(=O)CBr)c2s1. The molecular formula is C11H10BrNO3S. The molecule has 0 unspecified atom stereocenters. The zero-order chi connectivity index (χ0) is 12.4. The zero-order valence-corrected chi connectivity index (χ0v) is 11.7. The summed E-state index contributed by atoms with van der Waals surface area (Å²) in [6.45, 7) is 0. The Hall–Kier alpha value is -1.14. The van der Waals surface area contributed by atoms with Crippen molar-refractivity contribution < 1.29 is 14.3 Å². The Bertz CT molecular complexity index is 567. The molecule has 6 heteroatoms. The highest BCUT2D eigenvalue weighted by molar-refractivity contribution is 9.09. The molecule has 0 aliphatic carbocycles. The summed E-state index contributed by atoms with van der Waals surface area (Å²) in [5.74, 6) is 0.662. The van der Waals surface area contributed by atoms with Crippen molar-refractivity contribution in [3.05, 3.63) is 17.7 Å². The van der Waals surface area contributed by atoms with Crippen molar-refractivity contribution in [2.24, 2.45) is 0 Å². The first-order valence-electron chi connectivity index (χ1n) is 4.82. The fraction of sp³-hybridized carbons (Fsp3) is 0.273. The number of fused-ring (bicyclic) bond motifs is 1. The number of ketones is 1. The predicted molar refractivity (Wildman–Crippen MR) is 70.8 cm³/mol. The molecule has 1 heterocycles. The molecule has 0 radical (unpaired) electrons. The van der Waals surface area contributed by atoms with Crippen LogP contribution in [0, 0.1) is 0 Å². The summed E-state index contributed by atoms with van der Waals surface area (Å²) < 4.78 is 11.1. The molecule has 0 aliphatic rings. The van der Waals surface area contributed by atoms with Crippen molar-refractivity contribution >= 4 is 43.3 Å². The first-order valence-corrected chi connectivity index (χ1v) is 6.75. The molecule has 0 amide bonds. The van der Waals surface area contributed by atoms with Gasteiger partial charge in [0, 0.05) is 5.56 Å². The number of thiazole rings is 1. The number of methoxy groups -OCH3 is 2. The highest BCUT2D eigenvalue weighted by Gasteiger charge is 2.16. The second-order valence-corrected chi connectivity index (χ2v) is 4.76. The molecule has 2 rings (SSSR count). The molecule has 0 saturated carbocycles. The van der Waals surface area contributed by atoms with Crippen molar-refractivity contribution in [1.82, 2.24) is 4.98 Å². The van der Waals surface area contributed by atoms with Gasteiger partial charge in [-0.05, 0) is 12.1 Å². The Kier molecular flexibility index (Phi) is 3.63. The molecule has 0 fully saturated rings. The van der Waals surface area contributed by atoms with E-state index < -0.39 is 0 Å². The molecule has 1 aromatic carbocycles. The molecule has 0 N–H and O–H groups in total. The van der Waals surface area contributed by atoms with Crippen LogP contribution in [0.15, 0.2) is 12.1 Å². The largest absolute Gasteiger partial charge is 0.494 e. The minimum atomic E-state index is 0.0176. The lowest BCUT2D eigenvalue weighted by molar-refractivity contribution is 0.102. The maximum Gasteiger partial charge on any atom is 0.274 e. The Balaban J connectivity index is 2.71. The van der Waals surface area contributed by atoms with Crippen molar-refractivity contribution in [3.8, 4) is 10.9 Å². The molecule has 1 aromatic heterocycles. The first kappa shape index (κ1) is 12.3. The van der Waals surface area contributed by atoms with Gasteiger partial charge in [0.05, 0.1) is 24.2 Å². The standard InChI is InChI=1S/C11H10BrNO3S/c1-15-8-4-3-6(7(14)5-12)10-9(8)13-11(16-2)17-10/h3-4H,5H2,1-2H3. The maximum absolute atomic E-state index is 11.8. The summed E-state index contributed by atoms with van der Waals surface area (Å²) in [5, 5.41) is 0.808. The summed E-state index contributed by atoms with van der Waals surface area (Å²) in [6.07, 6.45) is 0. The van der Waals surface area contributed by atoms with Crippen LogP contribution in [0.5, 0.6) is 10.9 Å². The second-order valence-electron chi connectivity index (χ2n) is 3.23. The number of nitrogens with zero attached hydrogens (tertiary/aromatic N) is 1. The Morgan fingerprint density at radius 2 is 2.18 bits per heavy atom. The molecule has 4 nitrogen and oxygen atoms in total. The molecule has 0 atom stereocenters. The third-order valence-corrected chi connectivity index (χ3v) is 3.86.